The van der Waals surface area contributed by atoms with E-state index in [9.17, 15) is 4.79 Å². The number of nitrogens with one attached hydrogen (secondary N) is 1. The predicted molar refractivity (Wildman–Crippen MR) is 94.3 cm³/mol. The number of carbonyl (C=O) groups is 1. The fourth-order valence-corrected chi connectivity index (χ4v) is 3.59. The summed E-state index contributed by atoms with van der Waals surface area (Å²) in [4.78, 5) is 26.4. The van der Waals surface area contributed by atoms with Crippen LogP contribution in [0, 0.1) is 6.92 Å². The summed E-state index contributed by atoms with van der Waals surface area (Å²) in [6, 6.07) is 0.233. The van der Waals surface area contributed by atoms with E-state index in [2.05, 4.69) is 20.2 Å². The van der Waals surface area contributed by atoms with Crippen molar-refractivity contribution in [3.05, 3.63) is 16.1 Å². The maximum absolute atomic E-state index is 12.2. The summed E-state index contributed by atoms with van der Waals surface area (Å²) >= 11 is 1.66. The van der Waals surface area contributed by atoms with Crippen molar-refractivity contribution < 1.29 is 9.53 Å². The number of ether oxygens (including phenoxy) is 1. The largest absolute Gasteiger partial charge is 0.444 e. The number of nitrogens with zero attached hydrogens (tertiary/aromatic N) is 4. The molecule has 0 radical (unpaired) electrons. The highest BCUT2D eigenvalue weighted by Crippen LogP contribution is 2.19. The summed E-state index contributed by atoms with van der Waals surface area (Å²) in [5.74, 6) is 0.927. The van der Waals surface area contributed by atoms with Gasteiger partial charge >= 0.3 is 6.09 Å². The first-order valence-electron chi connectivity index (χ1n) is 8.25. The average molecular weight is 351 g/mol. The molecule has 0 saturated carbocycles. The molecule has 2 aliphatic rings. The molecule has 132 valence electrons. The molecule has 0 bridgehead atoms. The van der Waals surface area contributed by atoms with Gasteiger partial charge < -0.3 is 19.9 Å². The average Bonchev–Trinajstić information content (AvgIpc) is 3.09. The SMILES string of the molecule is Cc1ncsc1CNC1=NCC2CN(C(=O)OC(C)(C)C)CCN12. The third kappa shape index (κ3) is 3.80. The molecule has 3 rings (SSSR count). The van der Waals surface area contributed by atoms with E-state index >= 15 is 0 Å². The Morgan fingerprint density at radius 2 is 2.25 bits per heavy atom. The number of hydrogen-bond acceptors (Lipinski definition) is 7. The molecule has 1 amide bonds. The van der Waals surface area contributed by atoms with Crippen molar-refractivity contribution in [2.45, 2.75) is 45.9 Å². The van der Waals surface area contributed by atoms with Crippen LogP contribution in [0.1, 0.15) is 31.3 Å². The Bertz CT molecular complexity index is 637. The Balaban J connectivity index is 1.53. The molecule has 0 aliphatic carbocycles. The van der Waals surface area contributed by atoms with Gasteiger partial charge in [-0.2, -0.15) is 0 Å². The summed E-state index contributed by atoms with van der Waals surface area (Å²) in [6.07, 6.45) is -0.233. The molecule has 1 N–H and O–H groups in total. The summed E-state index contributed by atoms with van der Waals surface area (Å²) in [7, 11) is 0. The molecule has 0 spiro atoms. The Morgan fingerprint density at radius 1 is 1.46 bits per heavy atom. The number of carbonyl (C=O) groups excluding carboxylic acids is 1. The summed E-state index contributed by atoms with van der Waals surface area (Å²) in [5.41, 5.74) is 2.47. The van der Waals surface area contributed by atoms with Crippen LogP contribution in [0.15, 0.2) is 10.5 Å². The standard InChI is InChI=1S/C16H25N5O2S/c1-11-13(24-10-19-11)8-18-14-17-7-12-9-20(5-6-21(12)14)15(22)23-16(2,3)4/h10,12H,5-9H2,1-4H3,(H,17,18). The van der Waals surface area contributed by atoms with Gasteiger partial charge in [-0.25, -0.2) is 9.78 Å². The smallest absolute Gasteiger partial charge is 0.410 e. The minimum absolute atomic E-state index is 0.233. The molecule has 0 aromatic carbocycles. The number of aryl methyl sites for hydroxylation is 1. The first-order chi connectivity index (χ1) is 11.3. The molecule has 7 nitrogen and oxygen atoms in total. The van der Waals surface area contributed by atoms with Crippen molar-refractivity contribution >= 4 is 23.4 Å². The quantitative estimate of drug-likeness (QED) is 0.880. The maximum Gasteiger partial charge on any atom is 0.410 e. The molecule has 1 unspecified atom stereocenters. The number of guanidine groups is 1. The van der Waals surface area contributed by atoms with Gasteiger partial charge in [0.1, 0.15) is 5.60 Å². The molecule has 1 atom stereocenters. The number of rotatable bonds is 2. The van der Waals surface area contributed by atoms with E-state index in [1.54, 1.807) is 16.2 Å². The van der Waals surface area contributed by atoms with Crippen LogP contribution in [-0.2, 0) is 11.3 Å². The molecule has 1 aromatic rings. The van der Waals surface area contributed by atoms with Crippen molar-refractivity contribution in [1.29, 1.82) is 0 Å². The number of aliphatic imine (C=N–C) groups is 1. The lowest BCUT2D eigenvalue weighted by Crippen LogP contribution is -2.57. The van der Waals surface area contributed by atoms with Crippen LogP contribution in [0.25, 0.3) is 0 Å². The highest BCUT2D eigenvalue weighted by Gasteiger charge is 2.36. The zero-order chi connectivity index (χ0) is 17.3. The molecular formula is C16H25N5O2S. The van der Waals surface area contributed by atoms with Crippen LogP contribution in [0.2, 0.25) is 0 Å². The third-order valence-electron chi connectivity index (χ3n) is 4.11. The summed E-state index contributed by atoms with van der Waals surface area (Å²) in [5, 5.41) is 3.42. The highest BCUT2D eigenvalue weighted by molar-refractivity contribution is 7.09. The molecule has 3 heterocycles. The van der Waals surface area contributed by atoms with Gasteiger partial charge in [-0.05, 0) is 27.7 Å². The van der Waals surface area contributed by atoms with Crippen molar-refractivity contribution in [3.8, 4) is 0 Å². The van der Waals surface area contributed by atoms with Crippen LogP contribution in [-0.4, -0.2) is 64.7 Å². The maximum atomic E-state index is 12.2. The number of fused-ring (bicyclic) bond motifs is 1. The molecule has 2 aliphatic heterocycles. The van der Waals surface area contributed by atoms with Crippen molar-refractivity contribution in [3.63, 3.8) is 0 Å². The van der Waals surface area contributed by atoms with Gasteiger partial charge in [-0.1, -0.05) is 0 Å². The van der Waals surface area contributed by atoms with Crippen LogP contribution < -0.4 is 5.32 Å². The van der Waals surface area contributed by atoms with Gasteiger partial charge in [0.2, 0.25) is 0 Å². The Labute approximate surface area is 146 Å². The highest BCUT2D eigenvalue weighted by atomic mass is 32.1. The van der Waals surface area contributed by atoms with E-state index in [1.165, 1.54) is 4.88 Å². The number of amides is 1. The van der Waals surface area contributed by atoms with E-state index in [0.717, 1.165) is 24.7 Å². The second-order valence-electron chi connectivity index (χ2n) is 7.15. The second-order valence-corrected chi connectivity index (χ2v) is 8.09. The molecule has 24 heavy (non-hydrogen) atoms. The van der Waals surface area contributed by atoms with E-state index in [1.807, 2.05) is 33.2 Å². The molecule has 8 heteroatoms. The van der Waals surface area contributed by atoms with Gasteiger partial charge in [-0.15, -0.1) is 11.3 Å². The van der Waals surface area contributed by atoms with Crippen molar-refractivity contribution in [1.82, 2.24) is 20.1 Å². The minimum Gasteiger partial charge on any atom is -0.444 e. The van der Waals surface area contributed by atoms with Crippen LogP contribution in [0.3, 0.4) is 0 Å². The van der Waals surface area contributed by atoms with Crippen LogP contribution >= 0.6 is 11.3 Å². The van der Waals surface area contributed by atoms with E-state index in [4.69, 9.17) is 4.74 Å². The molecular weight excluding hydrogens is 326 g/mol. The predicted octanol–water partition coefficient (Wildman–Crippen LogP) is 1.83. The van der Waals surface area contributed by atoms with E-state index in [0.29, 0.717) is 19.6 Å². The normalized spacial score (nSPS) is 20.7. The number of hydrogen-bond donors (Lipinski definition) is 1. The Kier molecular flexibility index (Phi) is 4.67. The van der Waals surface area contributed by atoms with Gasteiger partial charge in [0.25, 0.3) is 0 Å². The molecule has 1 aromatic heterocycles. The van der Waals surface area contributed by atoms with Crippen molar-refractivity contribution in [2.24, 2.45) is 4.99 Å². The lowest BCUT2D eigenvalue weighted by molar-refractivity contribution is 0.0137. The van der Waals surface area contributed by atoms with Gasteiger partial charge in [0.05, 0.1) is 30.3 Å². The number of piperazine rings is 1. The zero-order valence-corrected chi connectivity index (χ0v) is 15.5. The van der Waals surface area contributed by atoms with E-state index < -0.39 is 5.60 Å². The first-order valence-corrected chi connectivity index (χ1v) is 9.13. The van der Waals surface area contributed by atoms with Gasteiger partial charge in [0.15, 0.2) is 5.96 Å². The fraction of sp³-hybridized carbons (Fsp3) is 0.688. The van der Waals surface area contributed by atoms with Gasteiger partial charge in [0, 0.05) is 24.5 Å². The number of aromatic nitrogens is 1. The topological polar surface area (TPSA) is 70.1 Å². The second kappa shape index (κ2) is 6.58. The lowest BCUT2D eigenvalue weighted by Gasteiger charge is -2.39. The van der Waals surface area contributed by atoms with Gasteiger partial charge in [-0.3, -0.25) is 4.99 Å². The minimum atomic E-state index is -0.459. The zero-order valence-electron chi connectivity index (χ0n) is 14.7. The lowest BCUT2D eigenvalue weighted by atomic mass is 10.2. The van der Waals surface area contributed by atoms with Crippen molar-refractivity contribution in [2.75, 3.05) is 26.2 Å². The van der Waals surface area contributed by atoms with Crippen LogP contribution in [0.4, 0.5) is 4.79 Å². The third-order valence-corrected chi connectivity index (χ3v) is 5.05. The number of thiazole rings is 1. The molecule has 1 saturated heterocycles. The summed E-state index contributed by atoms with van der Waals surface area (Å²) in [6.45, 7) is 11.2. The summed E-state index contributed by atoms with van der Waals surface area (Å²) < 4.78 is 5.47. The Morgan fingerprint density at radius 3 is 2.92 bits per heavy atom. The first kappa shape index (κ1) is 17.0. The Hall–Kier alpha value is -1.83. The fourth-order valence-electron chi connectivity index (χ4n) is 2.88. The molecule has 1 fully saturated rings. The van der Waals surface area contributed by atoms with Crippen LogP contribution in [0.5, 0.6) is 0 Å². The van der Waals surface area contributed by atoms with E-state index in [-0.39, 0.29) is 12.1 Å². The monoisotopic (exact) mass is 351 g/mol.